The minimum absolute atomic E-state index is 0.599. The van der Waals surface area contributed by atoms with Crippen LogP contribution in [0, 0.1) is 0 Å². The third kappa shape index (κ3) is 5.38. The molecule has 5 heterocycles. The van der Waals surface area contributed by atoms with Crippen molar-refractivity contribution in [3.63, 3.8) is 0 Å². The van der Waals surface area contributed by atoms with Gasteiger partial charge in [-0.05, 0) is 66.2 Å². The molecular weight excluding hydrogens is 821 g/mol. The van der Waals surface area contributed by atoms with Crippen LogP contribution in [-0.4, -0.2) is 19.5 Å². The SMILES string of the molecule is c1ccc(-n2c3ccccc3c3cc(-c4cccc5c4oc4cccc(-c6nc(-c7ccc8c(c7)sc7ccccc78)nc(-c7ccc8c(c7)sc7ccccc78)n6)c45)ccc32)cc1. The Labute approximate surface area is 373 Å². The van der Waals surface area contributed by atoms with Crippen LogP contribution in [0.2, 0.25) is 0 Å². The van der Waals surface area contributed by atoms with Crippen molar-refractivity contribution in [2.45, 2.75) is 0 Å². The van der Waals surface area contributed by atoms with Gasteiger partial charge in [-0.2, -0.15) is 0 Å². The second kappa shape index (κ2) is 13.8. The number of nitrogens with zero attached hydrogens (tertiary/aromatic N) is 4. The first-order chi connectivity index (χ1) is 31.7. The van der Waals surface area contributed by atoms with Crippen LogP contribution in [0.15, 0.2) is 199 Å². The molecule has 5 aromatic heterocycles. The lowest BCUT2D eigenvalue weighted by Crippen LogP contribution is -2.00. The molecule has 0 N–H and O–H groups in total. The summed E-state index contributed by atoms with van der Waals surface area (Å²) >= 11 is 3.59. The Bertz CT molecular complexity index is 4080. The van der Waals surface area contributed by atoms with Gasteiger partial charge in [0, 0.05) is 89.8 Å². The Morgan fingerprint density at radius 1 is 0.359 bits per heavy atom. The molecule has 14 rings (SSSR count). The van der Waals surface area contributed by atoms with Crippen molar-refractivity contribution in [3.8, 4) is 51.0 Å². The molecule has 5 nitrogen and oxygen atoms in total. The fourth-order valence-electron chi connectivity index (χ4n) is 9.74. The predicted octanol–water partition coefficient (Wildman–Crippen LogP) is 16.3. The number of fused-ring (bicyclic) bond motifs is 12. The van der Waals surface area contributed by atoms with E-state index in [1.165, 1.54) is 56.6 Å². The minimum atomic E-state index is 0.599. The molecule has 0 bridgehead atoms. The molecule has 0 aliphatic rings. The van der Waals surface area contributed by atoms with Gasteiger partial charge in [-0.3, -0.25) is 0 Å². The third-order valence-electron chi connectivity index (χ3n) is 12.7. The van der Waals surface area contributed by atoms with E-state index in [4.69, 9.17) is 19.4 Å². The molecule has 9 aromatic carbocycles. The summed E-state index contributed by atoms with van der Waals surface area (Å²) < 4.78 is 14.2. The first kappa shape index (κ1) is 35.6. The highest BCUT2D eigenvalue weighted by Crippen LogP contribution is 2.43. The van der Waals surface area contributed by atoms with Crippen LogP contribution in [0.4, 0.5) is 0 Å². The Kier molecular flexibility index (Phi) is 7.66. The molecule has 0 unspecified atom stereocenters. The zero-order valence-corrected chi connectivity index (χ0v) is 35.6. The van der Waals surface area contributed by atoms with Gasteiger partial charge >= 0.3 is 0 Å². The summed E-state index contributed by atoms with van der Waals surface area (Å²) in [5.74, 6) is 1.86. The summed E-state index contributed by atoms with van der Waals surface area (Å²) in [5, 5.41) is 9.39. The highest BCUT2D eigenvalue weighted by Gasteiger charge is 2.21. The van der Waals surface area contributed by atoms with Gasteiger partial charge in [0.1, 0.15) is 11.2 Å². The zero-order chi connectivity index (χ0) is 41.9. The number of thiophene rings is 2. The lowest BCUT2D eigenvalue weighted by atomic mass is 9.99. The van der Waals surface area contributed by atoms with E-state index in [1.807, 2.05) is 12.1 Å². The normalized spacial score (nSPS) is 12.1. The summed E-state index contributed by atoms with van der Waals surface area (Å²) in [5.41, 5.74) is 10.00. The van der Waals surface area contributed by atoms with E-state index in [2.05, 4.69) is 187 Å². The standard InChI is InChI=1S/C57H32N4OS2/c1-2-12-36(13-3-1)61-46-20-7-4-14-38(46)45-30-33(26-29-47(45)61)37-17-10-18-43-53-44(19-11-21-48(53)62-54(37)43)57-59-55(34-24-27-41-39-15-5-8-22-49(39)63-51(41)31-34)58-56(60-57)35-25-28-42-40-16-6-9-23-50(40)64-52(42)32-35/h1-32H. The van der Waals surface area contributed by atoms with Crippen LogP contribution in [0.3, 0.4) is 0 Å². The summed E-state index contributed by atoms with van der Waals surface area (Å²) in [4.78, 5) is 15.8. The maximum Gasteiger partial charge on any atom is 0.164 e. The van der Waals surface area contributed by atoms with Gasteiger partial charge in [0.2, 0.25) is 0 Å². The minimum Gasteiger partial charge on any atom is -0.455 e. The fourth-order valence-corrected chi connectivity index (χ4v) is 12.0. The van der Waals surface area contributed by atoms with Crippen molar-refractivity contribution in [3.05, 3.63) is 194 Å². The molecule has 0 amide bonds. The van der Waals surface area contributed by atoms with Crippen LogP contribution >= 0.6 is 22.7 Å². The molecule has 0 radical (unpaired) electrons. The fraction of sp³-hybridized carbons (Fsp3) is 0. The summed E-state index contributed by atoms with van der Waals surface area (Å²) in [6, 6.07) is 69.0. The van der Waals surface area contributed by atoms with Crippen molar-refractivity contribution in [2.24, 2.45) is 0 Å². The molecule has 298 valence electrons. The molecule has 0 aliphatic carbocycles. The Morgan fingerprint density at radius 2 is 0.906 bits per heavy atom. The van der Waals surface area contributed by atoms with Crippen molar-refractivity contribution in [1.29, 1.82) is 0 Å². The predicted molar refractivity (Wildman–Crippen MR) is 269 cm³/mol. The van der Waals surface area contributed by atoms with Gasteiger partial charge in [-0.1, -0.05) is 133 Å². The van der Waals surface area contributed by atoms with Crippen LogP contribution in [0.25, 0.3) is 135 Å². The quantitative estimate of drug-likeness (QED) is 0.173. The summed E-state index contributed by atoms with van der Waals surface area (Å²) in [7, 11) is 0. The van der Waals surface area contributed by atoms with E-state index in [0.29, 0.717) is 17.5 Å². The largest absolute Gasteiger partial charge is 0.455 e. The lowest BCUT2D eigenvalue weighted by molar-refractivity contribution is 0.670. The van der Waals surface area contributed by atoms with Crippen molar-refractivity contribution < 1.29 is 4.42 Å². The van der Waals surface area contributed by atoms with Crippen LogP contribution in [0.5, 0.6) is 0 Å². The van der Waals surface area contributed by atoms with E-state index in [9.17, 15) is 0 Å². The Morgan fingerprint density at radius 3 is 1.62 bits per heavy atom. The van der Waals surface area contributed by atoms with Crippen LogP contribution in [0.1, 0.15) is 0 Å². The number of aromatic nitrogens is 4. The van der Waals surface area contributed by atoms with Crippen molar-refractivity contribution in [1.82, 2.24) is 19.5 Å². The maximum absolute atomic E-state index is 6.88. The average Bonchev–Trinajstić information content (AvgIpc) is 4.12. The number of rotatable bonds is 5. The van der Waals surface area contributed by atoms with E-state index in [1.54, 1.807) is 22.7 Å². The monoisotopic (exact) mass is 852 g/mol. The Hall–Kier alpha value is -7.97. The van der Waals surface area contributed by atoms with Gasteiger partial charge in [0.25, 0.3) is 0 Å². The molecule has 0 atom stereocenters. The Balaban J connectivity index is 0.962. The molecule has 7 heteroatoms. The molecule has 64 heavy (non-hydrogen) atoms. The van der Waals surface area contributed by atoms with Crippen molar-refractivity contribution in [2.75, 3.05) is 0 Å². The average molecular weight is 853 g/mol. The van der Waals surface area contributed by atoms with Crippen LogP contribution < -0.4 is 0 Å². The van der Waals surface area contributed by atoms with E-state index < -0.39 is 0 Å². The van der Waals surface area contributed by atoms with Gasteiger partial charge in [-0.25, -0.2) is 15.0 Å². The number of para-hydroxylation sites is 3. The highest BCUT2D eigenvalue weighted by molar-refractivity contribution is 7.26. The number of benzene rings is 9. The van der Waals surface area contributed by atoms with E-state index in [0.717, 1.165) is 61.0 Å². The summed E-state index contributed by atoms with van der Waals surface area (Å²) in [6.45, 7) is 0. The molecule has 0 fully saturated rings. The second-order valence-electron chi connectivity index (χ2n) is 16.3. The van der Waals surface area contributed by atoms with Gasteiger partial charge in [0.15, 0.2) is 17.5 Å². The molecule has 0 aliphatic heterocycles. The summed E-state index contributed by atoms with van der Waals surface area (Å²) in [6.07, 6.45) is 0. The smallest absolute Gasteiger partial charge is 0.164 e. The zero-order valence-electron chi connectivity index (χ0n) is 34.0. The lowest BCUT2D eigenvalue weighted by Gasteiger charge is -2.10. The topological polar surface area (TPSA) is 56.7 Å². The second-order valence-corrected chi connectivity index (χ2v) is 18.5. The molecule has 0 saturated heterocycles. The molecule has 0 saturated carbocycles. The number of hydrogen-bond donors (Lipinski definition) is 0. The number of furan rings is 1. The van der Waals surface area contributed by atoms with Gasteiger partial charge < -0.3 is 8.98 Å². The van der Waals surface area contributed by atoms with Crippen LogP contribution in [-0.2, 0) is 0 Å². The molecular formula is C57H32N4OS2. The highest BCUT2D eigenvalue weighted by atomic mass is 32.1. The number of hydrogen-bond acceptors (Lipinski definition) is 6. The molecule has 14 aromatic rings. The van der Waals surface area contributed by atoms with Gasteiger partial charge in [0.05, 0.1) is 11.0 Å². The van der Waals surface area contributed by atoms with Crippen molar-refractivity contribution >= 4 is 107 Å². The first-order valence-electron chi connectivity index (χ1n) is 21.3. The van der Waals surface area contributed by atoms with E-state index in [-0.39, 0.29) is 0 Å². The molecule has 0 spiro atoms. The third-order valence-corrected chi connectivity index (χ3v) is 14.9. The first-order valence-corrected chi connectivity index (χ1v) is 23.0. The van der Waals surface area contributed by atoms with E-state index >= 15 is 0 Å². The maximum atomic E-state index is 6.88. The van der Waals surface area contributed by atoms with Gasteiger partial charge in [-0.15, -0.1) is 22.7 Å².